The number of hydrogen-bond donors (Lipinski definition) is 2. The number of fused-ring (bicyclic) bond motifs is 1. The maximum absolute atomic E-state index is 11.1. The molecule has 1 aliphatic heterocycles. The monoisotopic (exact) mass is 291 g/mol. The third-order valence-electron chi connectivity index (χ3n) is 4.17. The molecule has 1 aromatic carbocycles. The van der Waals surface area contributed by atoms with Crippen LogP contribution in [0.15, 0.2) is 27.4 Å². The van der Waals surface area contributed by atoms with Crippen LogP contribution < -0.4 is 5.76 Å². The summed E-state index contributed by atoms with van der Waals surface area (Å²) in [4.78, 5) is 18.4. The first-order valence-corrected chi connectivity index (χ1v) is 7.41. The first-order valence-electron chi connectivity index (χ1n) is 7.41. The lowest BCUT2D eigenvalue weighted by Crippen LogP contribution is -2.47. The van der Waals surface area contributed by atoms with E-state index in [1.54, 1.807) is 12.1 Å². The Labute approximate surface area is 123 Å². The predicted molar refractivity (Wildman–Crippen MR) is 80.3 cm³/mol. The normalized spacial score (nSPS) is 19.1. The maximum Gasteiger partial charge on any atom is 0.417 e. The highest BCUT2D eigenvalue weighted by Crippen LogP contribution is 2.20. The lowest BCUT2D eigenvalue weighted by Gasteiger charge is -2.35. The van der Waals surface area contributed by atoms with Gasteiger partial charge >= 0.3 is 5.76 Å². The van der Waals surface area contributed by atoms with E-state index in [9.17, 15) is 9.90 Å². The van der Waals surface area contributed by atoms with Crippen molar-refractivity contribution in [2.75, 3.05) is 39.3 Å². The van der Waals surface area contributed by atoms with Gasteiger partial charge in [-0.2, -0.15) is 0 Å². The Bertz CT molecular complexity index is 655. The fourth-order valence-electron chi connectivity index (χ4n) is 2.81. The van der Waals surface area contributed by atoms with E-state index >= 15 is 0 Å². The lowest BCUT2D eigenvalue weighted by molar-refractivity contribution is 0.0744. The molecule has 3 rings (SSSR count). The molecule has 114 valence electrons. The highest BCUT2D eigenvalue weighted by Gasteiger charge is 2.19. The number of aliphatic hydroxyl groups is 1. The number of aromatic nitrogens is 1. The second-order valence-electron chi connectivity index (χ2n) is 5.52. The Hall–Kier alpha value is -1.63. The van der Waals surface area contributed by atoms with Gasteiger partial charge in [0.25, 0.3) is 0 Å². The minimum atomic E-state index is -0.567. The van der Waals surface area contributed by atoms with Crippen molar-refractivity contribution in [3.05, 3.63) is 34.3 Å². The van der Waals surface area contributed by atoms with Gasteiger partial charge in [-0.25, -0.2) is 4.79 Å². The standard InChI is InChI=1S/C15H21N3O3/c1-2-17-5-7-18(8-6-17)10-13(19)11-3-4-12-14(9-11)21-15(20)16-12/h3-4,9,13,19H,2,5-8,10H2,1H3,(H,16,20). The molecule has 2 aromatic rings. The number of rotatable bonds is 4. The molecule has 1 aromatic heterocycles. The molecule has 0 bridgehead atoms. The third-order valence-corrected chi connectivity index (χ3v) is 4.17. The van der Waals surface area contributed by atoms with E-state index < -0.39 is 11.9 Å². The molecular formula is C15H21N3O3. The van der Waals surface area contributed by atoms with E-state index in [0.29, 0.717) is 17.6 Å². The van der Waals surface area contributed by atoms with Gasteiger partial charge in [-0.05, 0) is 24.2 Å². The largest absolute Gasteiger partial charge is 0.417 e. The quantitative estimate of drug-likeness (QED) is 0.871. The molecule has 0 radical (unpaired) electrons. The van der Waals surface area contributed by atoms with E-state index in [-0.39, 0.29) is 0 Å². The van der Waals surface area contributed by atoms with Gasteiger partial charge in [0, 0.05) is 32.7 Å². The topological polar surface area (TPSA) is 72.7 Å². The predicted octanol–water partition coefficient (Wildman–Crippen LogP) is 0.792. The molecule has 1 saturated heterocycles. The molecule has 0 saturated carbocycles. The Morgan fingerprint density at radius 1 is 1.29 bits per heavy atom. The van der Waals surface area contributed by atoms with Crippen LogP contribution in [0.2, 0.25) is 0 Å². The second kappa shape index (κ2) is 6.01. The molecular weight excluding hydrogens is 270 g/mol. The molecule has 1 aliphatic rings. The van der Waals surface area contributed by atoms with Crippen LogP contribution in [0.1, 0.15) is 18.6 Å². The van der Waals surface area contributed by atoms with E-state index in [2.05, 4.69) is 21.7 Å². The second-order valence-corrected chi connectivity index (χ2v) is 5.52. The molecule has 1 atom stereocenters. The first-order chi connectivity index (χ1) is 10.2. The molecule has 0 amide bonds. The fraction of sp³-hybridized carbons (Fsp3) is 0.533. The number of aliphatic hydroxyl groups excluding tert-OH is 1. The van der Waals surface area contributed by atoms with Crippen molar-refractivity contribution >= 4 is 11.1 Å². The van der Waals surface area contributed by atoms with Gasteiger partial charge in [-0.15, -0.1) is 0 Å². The fourth-order valence-corrected chi connectivity index (χ4v) is 2.81. The number of benzene rings is 1. The number of piperazine rings is 1. The summed E-state index contributed by atoms with van der Waals surface area (Å²) in [5, 5.41) is 10.4. The van der Waals surface area contributed by atoms with Crippen molar-refractivity contribution in [1.82, 2.24) is 14.8 Å². The zero-order chi connectivity index (χ0) is 14.8. The van der Waals surface area contributed by atoms with Gasteiger partial charge in [0.1, 0.15) is 0 Å². The van der Waals surface area contributed by atoms with Gasteiger partial charge in [0.2, 0.25) is 0 Å². The summed E-state index contributed by atoms with van der Waals surface area (Å²) in [6, 6.07) is 5.34. The molecule has 0 aliphatic carbocycles. The van der Waals surface area contributed by atoms with Gasteiger partial charge in [0.05, 0.1) is 11.6 Å². The molecule has 2 heterocycles. The third kappa shape index (κ3) is 3.18. The van der Waals surface area contributed by atoms with Crippen molar-refractivity contribution in [2.45, 2.75) is 13.0 Å². The lowest BCUT2D eigenvalue weighted by atomic mass is 10.1. The Kier molecular flexibility index (Phi) is 4.10. The summed E-state index contributed by atoms with van der Waals surface area (Å²) in [7, 11) is 0. The molecule has 1 unspecified atom stereocenters. The van der Waals surface area contributed by atoms with Crippen LogP contribution in [0, 0.1) is 0 Å². The zero-order valence-corrected chi connectivity index (χ0v) is 12.2. The van der Waals surface area contributed by atoms with Gasteiger partial charge < -0.3 is 14.4 Å². The van der Waals surface area contributed by atoms with Crippen LogP contribution in [0.25, 0.3) is 11.1 Å². The van der Waals surface area contributed by atoms with Crippen LogP contribution in [0.3, 0.4) is 0 Å². The number of nitrogens with zero attached hydrogens (tertiary/aromatic N) is 2. The SMILES string of the molecule is CCN1CCN(CC(O)c2ccc3[nH]c(=O)oc3c2)CC1. The summed E-state index contributed by atoms with van der Waals surface area (Å²) in [5.74, 6) is -0.465. The first kappa shape index (κ1) is 14.3. The van der Waals surface area contributed by atoms with Crippen LogP contribution in [-0.2, 0) is 0 Å². The summed E-state index contributed by atoms with van der Waals surface area (Å²) in [6.45, 7) is 7.92. The summed E-state index contributed by atoms with van der Waals surface area (Å²) < 4.78 is 5.03. The molecule has 1 fully saturated rings. The van der Waals surface area contributed by atoms with Crippen molar-refractivity contribution in [3.63, 3.8) is 0 Å². The van der Waals surface area contributed by atoms with Crippen molar-refractivity contribution in [3.8, 4) is 0 Å². The van der Waals surface area contributed by atoms with Crippen molar-refractivity contribution in [2.24, 2.45) is 0 Å². The molecule has 2 N–H and O–H groups in total. The minimum Gasteiger partial charge on any atom is -0.408 e. The van der Waals surface area contributed by atoms with Crippen LogP contribution >= 0.6 is 0 Å². The average molecular weight is 291 g/mol. The van der Waals surface area contributed by atoms with Crippen molar-refractivity contribution in [1.29, 1.82) is 0 Å². The van der Waals surface area contributed by atoms with Crippen LogP contribution in [0.4, 0.5) is 0 Å². The van der Waals surface area contributed by atoms with E-state index in [1.165, 1.54) is 0 Å². The molecule has 6 heteroatoms. The number of H-pyrrole nitrogens is 1. The highest BCUT2D eigenvalue weighted by atomic mass is 16.4. The number of aromatic amines is 1. The number of likely N-dealkylation sites (N-methyl/N-ethyl adjacent to an activating group) is 1. The van der Waals surface area contributed by atoms with Gasteiger partial charge in [-0.1, -0.05) is 13.0 Å². The zero-order valence-electron chi connectivity index (χ0n) is 12.2. The number of nitrogens with one attached hydrogen (secondary N) is 1. The number of β-amino-alcohol motifs (C(OH)–C–C–N with tert-alkyl or cyclic N) is 1. The van der Waals surface area contributed by atoms with E-state index in [0.717, 1.165) is 38.3 Å². The Morgan fingerprint density at radius 3 is 2.71 bits per heavy atom. The Balaban J connectivity index is 1.66. The van der Waals surface area contributed by atoms with Gasteiger partial charge in [0.15, 0.2) is 5.58 Å². The van der Waals surface area contributed by atoms with Crippen LogP contribution in [0.5, 0.6) is 0 Å². The summed E-state index contributed by atoms with van der Waals surface area (Å²) in [5.41, 5.74) is 1.93. The van der Waals surface area contributed by atoms with Crippen LogP contribution in [-0.4, -0.2) is 59.2 Å². The molecule has 0 spiro atoms. The summed E-state index contributed by atoms with van der Waals surface area (Å²) in [6.07, 6.45) is -0.567. The van der Waals surface area contributed by atoms with E-state index in [1.807, 2.05) is 6.07 Å². The number of hydrogen-bond acceptors (Lipinski definition) is 5. The number of oxazole rings is 1. The minimum absolute atomic E-state index is 0.465. The van der Waals surface area contributed by atoms with Crippen molar-refractivity contribution < 1.29 is 9.52 Å². The molecule has 6 nitrogen and oxygen atoms in total. The van der Waals surface area contributed by atoms with Gasteiger partial charge in [-0.3, -0.25) is 9.88 Å². The summed E-state index contributed by atoms with van der Waals surface area (Å²) >= 11 is 0. The smallest absolute Gasteiger partial charge is 0.408 e. The highest BCUT2D eigenvalue weighted by molar-refractivity contribution is 5.72. The van der Waals surface area contributed by atoms with E-state index in [4.69, 9.17) is 4.42 Å². The Morgan fingerprint density at radius 2 is 2.00 bits per heavy atom. The average Bonchev–Trinajstić information content (AvgIpc) is 2.87. The maximum atomic E-state index is 11.1. The molecule has 21 heavy (non-hydrogen) atoms.